The van der Waals surface area contributed by atoms with Crippen molar-refractivity contribution in [1.82, 2.24) is 0 Å². The molecule has 0 aliphatic carbocycles. The molecule has 0 aromatic rings. The van der Waals surface area contributed by atoms with Gasteiger partial charge in [0.15, 0.2) is 6.10 Å². The molecule has 2 unspecified atom stereocenters. The zero-order valence-corrected chi connectivity index (χ0v) is 58.5. The van der Waals surface area contributed by atoms with Gasteiger partial charge < -0.3 is 27.9 Å². The number of unbranched alkanes of at least 4 members (excludes halogenated alkanes) is 53. The molecule has 0 aliphatic heterocycles. The second-order valence-corrected chi connectivity index (χ2v) is 28.4. The summed E-state index contributed by atoms with van der Waals surface area (Å²) >= 11 is 0. The minimum atomic E-state index is -4.64. The Balaban J connectivity index is 3.94. The van der Waals surface area contributed by atoms with Gasteiger partial charge in [-0.15, -0.1) is 0 Å². The normalized spacial score (nSPS) is 13.2. The molecule has 504 valence electrons. The lowest BCUT2D eigenvalue weighted by atomic mass is 10.0. The van der Waals surface area contributed by atoms with Crippen LogP contribution in [0.4, 0.5) is 0 Å². The molecule has 0 heterocycles. The van der Waals surface area contributed by atoms with E-state index in [1.165, 1.54) is 321 Å². The van der Waals surface area contributed by atoms with E-state index in [4.69, 9.17) is 18.5 Å². The summed E-state index contributed by atoms with van der Waals surface area (Å²) in [7, 11) is 1.19. The third kappa shape index (κ3) is 71.4. The monoisotopic (exact) mass is 1220 g/mol. The fourth-order valence-electron chi connectivity index (χ4n) is 11.5. The van der Waals surface area contributed by atoms with Crippen molar-refractivity contribution in [3.05, 3.63) is 24.3 Å². The molecule has 10 heteroatoms. The van der Waals surface area contributed by atoms with Crippen LogP contribution in [0.1, 0.15) is 393 Å². The van der Waals surface area contributed by atoms with E-state index in [1.807, 2.05) is 21.1 Å². The lowest BCUT2D eigenvalue weighted by Gasteiger charge is -2.28. The number of carbonyl (C=O) groups excluding carboxylic acids is 2. The number of nitrogens with zero attached hydrogens (tertiary/aromatic N) is 1. The predicted molar refractivity (Wildman–Crippen MR) is 365 cm³/mol. The molecule has 0 saturated heterocycles. The Bertz CT molecular complexity index is 1480. The third-order valence-electron chi connectivity index (χ3n) is 17.2. The summed E-state index contributed by atoms with van der Waals surface area (Å²) < 4.78 is 34.4. The third-order valence-corrected chi connectivity index (χ3v) is 18.2. The van der Waals surface area contributed by atoms with Crippen LogP contribution in [0, 0.1) is 0 Å². The second-order valence-electron chi connectivity index (χ2n) is 27.0. The molecule has 85 heavy (non-hydrogen) atoms. The van der Waals surface area contributed by atoms with Crippen LogP contribution in [0.5, 0.6) is 0 Å². The molecule has 0 fully saturated rings. The van der Waals surface area contributed by atoms with E-state index in [-0.39, 0.29) is 32.0 Å². The Labute approximate surface area is 529 Å². The van der Waals surface area contributed by atoms with Crippen molar-refractivity contribution in [2.24, 2.45) is 0 Å². The van der Waals surface area contributed by atoms with Crippen LogP contribution in [0.3, 0.4) is 0 Å². The minimum Gasteiger partial charge on any atom is -0.756 e. The Morgan fingerprint density at radius 1 is 0.365 bits per heavy atom. The van der Waals surface area contributed by atoms with Crippen molar-refractivity contribution in [2.45, 2.75) is 399 Å². The fourth-order valence-corrected chi connectivity index (χ4v) is 12.2. The topological polar surface area (TPSA) is 111 Å². The molecule has 0 aliphatic rings. The van der Waals surface area contributed by atoms with E-state index in [0.29, 0.717) is 17.4 Å². The van der Waals surface area contributed by atoms with Crippen LogP contribution in [0.2, 0.25) is 0 Å². The molecule has 0 saturated carbocycles. The largest absolute Gasteiger partial charge is 0.756 e. The van der Waals surface area contributed by atoms with Crippen molar-refractivity contribution in [2.75, 3.05) is 47.5 Å². The van der Waals surface area contributed by atoms with E-state index in [9.17, 15) is 19.0 Å². The molecule has 0 aromatic heterocycles. The highest BCUT2D eigenvalue weighted by molar-refractivity contribution is 7.45. The number of hydrogen-bond acceptors (Lipinski definition) is 8. The summed E-state index contributed by atoms with van der Waals surface area (Å²) in [5.41, 5.74) is 0. The number of hydrogen-bond donors (Lipinski definition) is 0. The summed E-state index contributed by atoms with van der Waals surface area (Å²) in [6.07, 6.45) is 84.3. The van der Waals surface area contributed by atoms with E-state index in [2.05, 4.69) is 38.2 Å². The highest BCUT2D eigenvalue weighted by atomic mass is 31.2. The maximum atomic E-state index is 12.9. The minimum absolute atomic E-state index is 0.0269. The molecule has 2 atom stereocenters. The van der Waals surface area contributed by atoms with Gasteiger partial charge in [-0.05, 0) is 44.9 Å². The van der Waals surface area contributed by atoms with Crippen LogP contribution in [-0.2, 0) is 32.7 Å². The van der Waals surface area contributed by atoms with Crippen molar-refractivity contribution < 1.29 is 42.1 Å². The maximum Gasteiger partial charge on any atom is 0.306 e. The lowest BCUT2D eigenvalue weighted by molar-refractivity contribution is -0.870. The van der Waals surface area contributed by atoms with Crippen LogP contribution >= 0.6 is 7.82 Å². The Morgan fingerprint density at radius 3 is 0.929 bits per heavy atom. The van der Waals surface area contributed by atoms with Gasteiger partial charge in [0.1, 0.15) is 19.8 Å². The number of allylic oxidation sites excluding steroid dienone is 4. The average Bonchev–Trinajstić information content (AvgIpc) is 3.50. The van der Waals surface area contributed by atoms with E-state index < -0.39 is 26.5 Å². The molecule has 0 rings (SSSR count). The molecule has 0 spiro atoms. The van der Waals surface area contributed by atoms with Crippen LogP contribution in [0.15, 0.2) is 24.3 Å². The SMILES string of the molecule is CCCCCCC/C=C\C/C=C\CCCCCCCCCCCCCCCCCCCC(=O)OC(COC(=O)CCCCCCCCCCCCCCCCCCCCCCCCCCCCCCCCCC)COP(=O)([O-])OCC[N+](C)(C)C. The molecular weight excluding hydrogens is 1070 g/mol. The second kappa shape index (κ2) is 66.9. The Hall–Kier alpha value is -1.51. The first kappa shape index (κ1) is 83.5. The van der Waals surface area contributed by atoms with Gasteiger partial charge in [0.25, 0.3) is 7.82 Å². The van der Waals surface area contributed by atoms with E-state index in [1.54, 1.807) is 0 Å². The molecule has 9 nitrogen and oxygen atoms in total. The summed E-state index contributed by atoms with van der Waals surface area (Å²) in [5.74, 6) is -0.808. The average molecular weight is 1220 g/mol. The molecule has 0 radical (unpaired) electrons. The van der Waals surface area contributed by atoms with Gasteiger partial charge in [0.2, 0.25) is 0 Å². The van der Waals surface area contributed by atoms with Gasteiger partial charge in [-0.25, -0.2) is 0 Å². The summed E-state index contributed by atoms with van der Waals surface area (Å²) in [6, 6.07) is 0. The number of rotatable bonds is 71. The van der Waals surface area contributed by atoms with E-state index in [0.717, 1.165) is 38.5 Å². The Morgan fingerprint density at radius 2 is 0.635 bits per heavy atom. The van der Waals surface area contributed by atoms with Crippen LogP contribution in [0.25, 0.3) is 0 Å². The number of phosphoric ester groups is 1. The number of ether oxygens (including phenoxy) is 2. The fraction of sp³-hybridized carbons (Fsp3) is 0.920. The quantitative estimate of drug-likeness (QED) is 0.0195. The lowest BCUT2D eigenvalue weighted by Crippen LogP contribution is -2.37. The number of carbonyl (C=O) groups is 2. The van der Waals surface area contributed by atoms with Crippen LogP contribution in [-0.4, -0.2) is 70.0 Å². The zero-order valence-electron chi connectivity index (χ0n) is 57.6. The maximum absolute atomic E-state index is 12.9. The van der Waals surface area contributed by atoms with Gasteiger partial charge in [-0.3, -0.25) is 14.2 Å². The van der Waals surface area contributed by atoms with Crippen molar-refractivity contribution in [3.8, 4) is 0 Å². The highest BCUT2D eigenvalue weighted by Crippen LogP contribution is 2.38. The van der Waals surface area contributed by atoms with Gasteiger partial charge >= 0.3 is 11.9 Å². The number of quaternary nitrogens is 1. The number of phosphoric acid groups is 1. The molecular formula is C75H146NO8P. The molecule has 0 amide bonds. The van der Waals surface area contributed by atoms with Crippen LogP contribution < -0.4 is 4.89 Å². The van der Waals surface area contributed by atoms with Crippen molar-refractivity contribution in [1.29, 1.82) is 0 Å². The standard InChI is InChI=1S/C75H146NO8P/c1-6-8-10-12-14-16-18-20-22-24-26-28-30-32-34-36-37-38-40-41-43-45-47-49-51-53-55-57-59-61-63-65-67-74(77)81-71-73(72-83-85(79,80)82-70-69-76(3,4)5)84-75(78)68-66-64-62-60-58-56-54-52-50-48-46-44-42-39-35-33-31-29-27-25-23-21-19-17-15-13-11-9-7-2/h19,21,25,27,73H,6-18,20,22-24,26,28-72H2,1-5H3/b21-19-,27-25-. The van der Waals surface area contributed by atoms with Gasteiger partial charge in [0, 0.05) is 12.8 Å². The summed E-state index contributed by atoms with van der Waals surface area (Å²) in [5, 5.41) is 0. The van der Waals surface area contributed by atoms with Gasteiger partial charge in [-0.1, -0.05) is 359 Å². The molecule has 0 bridgehead atoms. The summed E-state index contributed by atoms with van der Waals surface area (Å²) in [4.78, 5) is 38.1. The molecule has 0 aromatic carbocycles. The Kier molecular flexibility index (Phi) is 65.7. The number of likely N-dealkylation sites (N-methyl/N-ethyl adjacent to an activating group) is 1. The first-order valence-electron chi connectivity index (χ1n) is 37.5. The van der Waals surface area contributed by atoms with E-state index >= 15 is 0 Å². The first-order chi connectivity index (χ1) is 41.5. The predicted octanol–water partition coefficient (Wildman–Crippen LogP) is 23.8. The smallest absolute Gasteiger partial charge is 0.306 e. The van der Waals surface area contributed by atoms with Gasteiger partial charge in [0.05, 0.1) is 27.7 Å². The molecule has 0 N–H and O–H groups in total. The first-order valence-corrected chi connectivity index (χ1v) is 39.0. The summed E-state index contributed by atoms with van der Waals surface area (Å²) in [6.45, 7) is 4.31. The zero-order chi connectivity index (χ0) is 61.9. The highest BCUT2D eigenvalue weighted by Gasteiger charge is 2.22. The van der Waals surface area contributed by atoms with Crippen molar-refractivity contribution >= 4 is 19.8 Å². The van der Waals surface area contributed by atoms with Gasteiger partial charge in [-0.2, -0.15) is 0 Å². The number of esters is 2. The van der Waals surface area contributed by atoms with Crippen molar-refractivity contribution in [3.63, 3.8) is 0 Å².